The molecule has 1 aromatic rings. The summed E-state index contributed by atoms with van der Waals surface area (Å²) in [4.78, 5) is 14.3. The third-order valence-electron chi connectivity index (χ3n) is 3.20. The largest absolute Gasteiger partial charge is 0.383 e. The molecule has 112 valence electrons. The van der Waals surface area contributed by atoms with E-state index in [1.54, 1.807) is 7.11 Å². The van der Waals surface area contributed by atoms with E-state index < -0.39 is 0 Å². The van der Waals surface area contributed by atoms with Crippen molar-refractivity contribution < 1.29 is 9.53 Å². The van der Waals surface area contributed by atoms with E-state index in [0.29, 0.717) is 19.7 Å². The number of benzene rings is 1. The van der Waals surface area contributed by atoms with E-state index in [-0.39, 0.29) is 11.3 Å². The molecule has 0 aliphatic heterocycles. The molecule has 0 fully saturated rings. The van der Waals surface area contributed by atoms with E-state index in [9.17, 15) is 4.79 Å². The van der Waals surface area contributed by atoms with Gasteiger partial charge in [-0.25, -0.2) is 0 Å². The molecule has 20 heavy (non-hydrogen) atoms. The summed E-state index contributed by atoms with van der Waals surface area (Å²) in [5.74, 6) is 0.0574. The zero-order chi connectivity index (χ0) is 15.2. The molecule has 0 bridgehead atoms. The number of alkyl halides is 1. The lowest BCUT2D eigenvalue weighted by Crippen LogP contribution is -2.35. The average molecular weight is 342 g/mol. The van der Waals surface area contributed by atoms with Crippen molar-refractivity contribution in [3.8, 4) is 0 Å². The van der Waals surface area contributed by atoms with Crippen molar-refractivity contribution >= 4 is 21.8 Å². The zero-order valence-electron chi connectivity index (χ0n) is 12.8. The molecule has 0 aromatic heterocycles. The number of amides is 1. The molecule has 0 aliphatic rings. The minimum atomic E-state index is 0.0574. The fourth-order valence-electron chi connectivity index (χ4n) is 1.91. The van der Waals surface area contributed by atoms with Crippen LogP contribution < -0.4 is 0 Å². The number of hydrogen-bond acceptors (Lipinski definition) is 2. The Morgan fingerprint density at radius 1 is 1.20 bits per heavy atom. The number of ether oxygens (including phenoxy) is 1. The first-order valence-corrected chi connectivity index (χ1v) is 7.97. The normalized spacial score (nSPS) is 11.4. The lowest BCUT2D eigenvalue weighted by Gasteiger charge is -2.23. The second kappa shape index (κ2) is 7.79. The van der Waals surface area contributed by atoms with Crippen LogP contribution >= 0.6 is 15.9 Å². The van der Waals surface area contributed by atoms with Crippen LogP contribution in [0.25, 0.3) is 0 Å². The number of carbonyl (C=O) groups excluding carboxylic acids is 1. The van der Waals surface area contributed by atoms with E-state index in [0.717, 1.165) is 10.9 Å². The summed E-state index contributed by atoms with van der Waals surface area (Å²) in [7, 11) is 1.65. The Balaban J connectivity index is 2.83. The first-order chi connectivity index (χ1) is 9.40. The van der Waals surface area contributed by atoms with Gasteiger partial charge in [-0.1, -0.05) is 48.8 Å². The molecular weight excluding hydrogens is 318 g/mol. The number of hydrogen-bond donors (Lipinski definition) is 0. The van der Waals surface area contributed by atoms with Gasteiger partial charge in [0.25, 0.3) is 5.91 Å². The van der Waals surface area contributed by atoms with Gasteiger partial charge in [-0.15, -0.1) is 0 Å². The topological polar surface area (TPSA) is 29.5 Å². The quantitative estimate of drug-likeness (QED) is 0.741. The molecule has 0 saturated heterocycles. The Morgan fingerprint density at radius 2 is 1.80 bits per heavy atom. The van der Waals surface area contributed by atoms with Gasteiger partial charge in [-0.3, -0.25) is 4.79 Å². The minimum Gasteiger partial charge on any atom is -0.383 e. The maximum Gasteiger partial charge on any atom is 0.253 e. The van der Waals surface area contributed by atoms with Crippen LogP contribution in [0.2, 0.25) is 0 Å². The molecule has 0 spiro atoms. The van der Waals surface area contributed by atoms with Crippen molar-refractivity contribution in [3.05, 3.63) is 35.4 Å². The molecule has 1 rings (SSSR count). The van der Waals surface area contributed by atoms with Crippen LogP contribution in [-0.4, -0.2) is 42.9 Å². The maximum atomic E-state index is 12.5. The Kier molecular flexibility index (Phi) is 6.69. The van der Waals surface area contributed by atoms with Gasteiger partial charge in [0.2, 0.25) is 0 Å². The van der Waals surface area contributed by atoms with Crippen molar-refractivity contribution in [3.63, 3.8) is 0 Å². The van der Waals surface area contributed by atoms with E-state index in [1.807, 2.05) is 29.2 Å². The Labute approximate surface area is 130 Å². The molecule has 3 nitrogen and oxygen atoms in total. The summed E-state index contributed by atoms with van der Waals surface area (Å²) in [5.41, 5.74) is 2.07. The Bertz CT molecular complexity index is 423. The second-order valence-corrected chi connectivity index (χ2v) is 6.59. The Morgan fingerprint density at radius 3 is 2.25 bits per heavy atom. The van der Waals surface area contributed by atoms with E-state index >= 15 is 0 Å². The highest BCUT2D eigenvalue weighted by atomic mass is 79.9. The number of rotatable bonds is 6. The molecule has 0 radical (unpaired) electrons. The fraction of sp³-hybridized carbons (Fsp3) is 0.562. The number of nitrogens with zero attached hydrogens (tertiary/aromatic N) is 1. The van der Waals surface area contributed by atoms with Gasteiger partial charge in [0, 0.05) is 31.1 Å². The summed E-state index contributed by atoms with van der Waals surface area (Å²) < 4.78 is 5.06. The van der Waals surface area contributed by atoms with Crippen molar-refractivity contribution in [2.45, 2.75) is 26.2 Å². The van der Waals surface area contributed by atoms with Crippen molar-refractivity contribution in [2.24, 2.45) is 0 Å². The predicted octanol–water partition coefficient (Wildman–Crippen LogP) is 3.47. The van der Waals surface area contributed by atoms with Crippen LogP contribution in [0.3, 0.4) is 0 Å². The summed E-state index contributed by atoms with van der Waals surface area (Å²) in [6.07, 6.45) is 0. The third kappa shape index (κ3) is 4.91. The molecule has 0 atom stereocenters. The summed E-state index contributed by atoms with van der Waals surface area (Å²) in [6.45, 7) is 8.35. The van der Waals surface area contributed by atoms with Crippen LogP contribution in [-0.2, 0) is 10.2 Å². The lowest BCUT2D eigenvalue weighted by molar-refractivity contribution is 0.0709. The zero-order valence-corrected chi connectivity index (χ0v) is 14.4. The van der Waals surface area contributed by atoms with Crippen LogP contribution in [0, 0.1) is 0 Å². The van der Waals surface area contributed by atoms with E-state index in [1.165, 1.54) is 5.56 Å². The molecule has 0 N–H and O–H groups in total. The number of halogens is 1. The van der Waals surface area contributed by atoms with E-state index in [2.05, 4.69) is 36.7 Å². The molecule has 0 saturated carbocycles. The van der Waals surface area contributed by atoms with E-state index in [4.69, 9.17) is 4.74 Å². The third-order valence-corrected chi connectivity index (χ3v) is 3.56. The highest BCUT2D eigenvalue weighted by Crippen LogP contribution is 2.22. The highest BCUT2D eigenvalue weighted by molar-refractivity contribution is 9.09. The first-order valence-electron chi connectivity index (χ1n) is 6.85. The SMILES string of the molecule is COCCN(CCBr)C(=O)c1ccc(C(C)(C)C)cc1. The highest BCUT2D eigenvalue weighted by Gasteiger charge is 2.17. The smallest absolute Gasteiger partial charge is 0.253 e. The summed E-state index contributed by atoms with van der Waals surface area (Å²) in [5, 5.41) is 0.766. The standard InChI is InChI=1S/C16H24BrNO2/c1-16(2,3)14-7-5-13(6-8-14)15(19)18(10-9-17)11-12-20-4/h5-8H,9-12H2,1-4H3. The average Bonchev–Trinajstić information content (AvgIpc) is 2.42. The molecule has 0 unspecified atom stereocenters. The summed E-state index contributed by atoms with van der Waals surface area (Å²) in [6, 6.07) is 7.90. The van der Waals surface area contributed by atoms with Gasteiger partial charge in [0.05, 0.1) is 6.61 Å². The molecule has 0 heterocycles. The van der Waals surface area contributed by atoms with Gasteiger partial charge in [0.15, 0.2) is 0 Å². The molecule has 1 aromatic carbocycles. The molecular formula is C16H24BrNO2. The first kappa shape index (κ1) is 17.2. The van der Waals surface area contributed by atoms with Crippen LogP contribution in [0.1, 0.15) is 36.7 Å². The predicted molar refractivity (Wildman–Crippen MR) is 86.7 cm³/mol. The minimum absolute atomic E-state index is 0.0574. The molecule has 0 aliphatic carbocycles. The van der Waals surface area contributed by atoms with Gasteiger partial charge in [-0.2, -0.15) is 0 Å². The summed E-state index contributed by atoms with van der Waals surface area (Å²) >= 11 is 3.39. The van der Waals surface area contributed by atoms with Gasteiger partial charge < -0.3 is 9.64 Å². The monoisotopic (exact) mass is 341 g/mol. The van der Waals surface area contributed by atoms with Gasteiger partial charge >= 0.3 is 0 Å². The van der Waals surface area contributed by atoms with Crippen LogP contribution in [0.15, 0.2) is 24.3 Å². The number of methoxy groups -OCH3 is 1. The lowest BCUT2D eigenvalue weighted by atomic mass is 9.86. The van der Waals surface area contributed by atoms with Crippen molar-refractivity contribution in [2.75, 3.05) is 32.1 Å². The second-order valence-electron chi connectivity index (χ2n) is 5.80. The van der Waals surface area contributed by atoms with Crippen LogP contribution in [0.5, 0.6) is 0 Å². The molecule has 1 amide bonds. The number of carbonyl (C=O) groups is 1. The van der Waals surface area contributed by atoms with Gasteiger partial charge in [0.1, 0.15) is 0 Å². The van der Waals surface area contributed by atoms with Crippen LogP contribution in [0.4, 0.5) is 0 Å². The maximum absolute atomic E-state index is 12.5. The Hall–Kier alpha value is -0.870. The van der Waals surface area contributed by atoms with Crippen molar-refractivity contribution in [1.29, 1.82) is 0 Å². The fourth-order valence-corrected chi connectivity index (χ4v) is 2.34. The van der Waals surface area contributed by atoms with Gasteiger partial charge in [-0.05, 0) is 23.1 Å². The van der Waals surface area contributed by atoms with Crippen molar-refractivity contribution in [1.82, 2.24) is 4.90 Å². The molecule has 4 heteroatoms.